The molecule has 0 fully saturated rings. The van der Waals surface area contributed by atoms with Crippen LogP contribution >= 0.6 is 0 Å². The van der Waals surface area contributed by atoms with E-state index >= 15 is 0 Å². The van der Waals surface area contributed by atoms with E-state index < -0.39 is 0 Å². The molecule has 1 aromatic carbocycles. The number of aryl methyl sites for hydroxylation is 1. The number of benzene rings is 1. The predicted octanol–water partition coefficient (Wildman–Crippen LogP) is 1.70. The standard InChI is InChI=1S/C12H8N2O2/c1-6-4-10-11(14-13-6)9-5-7(15)2-3-8(9)12(10)16/h2-5,15H,1H3. The lowest BCUT2D eigenvalue weighted by molar-refractivity contribution is 0.104. The zero-order valence-electron chi connectivity index (χ0n) is 8.56. The molecule has 4 heteroatoms. The molecule has 16 heavy (non-hydrogen) atoms. The average molecular weight is 212 g/mol. The Morgan fingerprint density at radius 2 is 1.88 bits per heavy atom. The molecular weight excluding hydrogens is 204 g/mol. The quantitative estimate of drug-likeness (QED) is 0.616. The van der Waals surface area contributed by atoms with Gasteiger partial charge in [-0.3, -0.25) is 4.79 Å². The summed E-state index contributed by atoms with van der Waals surface area (Å²) in [5.41, 5.74) is 3.07. The van der Waals surface area contributed by atoms with Gasteiger partial charge in [-0.25, -0.2) is 0 Å². The molecule has 78 valence electrons. The van der Waals surface area contributed by atoms with Gasteiger partial charge >= 0.3 is 0 Å². The Balaban J connectivity index is 2.36. The van der Waals surface area contributed by atoms with Gasteiger partial charge in [0, 0.05) is 11.1 Å². The highest BCUT2D eigenvalue weighted by atomic mass is 16.3. The van der Waals surface area contributed by atoms with Gasteiger partial charge in [0.25, 0.3) is 0 Å². The largest absolute Gasteiger partial charge is 0.508 e. The second kappa shape index (κ2) is 2.88. The van der Waals surface area contributed by atoms with Crippen LogP contribution in [0.25, 0.3) is 11.3 Å². The van der Waals surface area contributed by atoms with E-state index in [0.717, 1.165) is 0 Å². The molecule has 0 radical (unpaired) electrons. The van der Waals surface area contributed by atoms with Crippen molar-refractivity contribution < 1.29 is 9.90 Å². The number of aromatic nitrogens is 2. The fourth-order valence-corrected chi connectivity index (χ4v) is 1.93. The normalized spacial score (nSPS) is 12.4. The summed E-state index contributed by atoms with van der Waals surface area (Å²) in [6.45, 7) is 1.79. The third kappa shape index (κ3) is 1.07. The van der Waals surface area contributed by atoms with Gasteiger partial charge in [0.15, 0.2) is 5.78 Å². The van der Waals surface area contributed by atoms with Gasteiger partial charge in [0.1, 0.15) is 11.4 Å². The monoisotopic (exact) mass is 212 g/mol. The summed E-state index contributed by atoms with van der Waals surface area (Å²) in [4.78, 5) is 12.0. The number of hydrogen-bond donors (Lipinski definition) is 1. The van der Waals surface area contributed by atoms with Crippen LogP contribution in [-0.4, -0.2) is 21.1 Å². The molecule has 0 amide bonds. The number of carbonyl (C=O) groups excluding carboxylic acids is 1. The third-order valence-corrected chi connectivity index (χ3v) is 2.66. The summed E-state index contributed by atoms with van der Waals surface area (Å²) in [7, 11) is 0. The fraction of sp³-hybridized carbons (Fsp3) is 0.0833. The topological polar surface area (TPSA) is 63.1 Å². The van der Waals surface area contributed by atoms with Crippen LogP contribution < -0.4 is 0 Å². The van der Waals surface area contributed by atoms with Crippen molar-refractivity contribution in [3.63, 3.8) is 0 Å². The number of rotatable bonds is 0. The molecule has 4 nitrogen and oxygen atoms in total. The summed E-state index contributed by atoms with van der Waals surface area (Å²) in [6, 6.07) is 6.39. The van der Waals surface area contributed by atoms with Crippen molar-refractivity contribution in [3.05, 3.63) is 41.1 Å². The molecule has 0 bridgehead atoms. The Morgan fingerprint density at radius 1 is 1.06 bits per heavy atom. The van der Waals surface area contributed by atoms with Crippen molar-refractivity contribution >= 4 is 5.78 Å². The summed E-state index contributed by atoms with van der Waals surface area (Å²) in [5.74, 6) is 0.0739. The molecule has 0 aliphatic heterocycles. The van der Waals surface area contributed by atoms with Crippen LogP contribution in [0.4, 0.5) is 0 Å². The van der Waals surface area contributed by atoms with E-state index in [1.54, 1.807) is 25.1 Å². The van der Waals surface area contributed by atoms with Crippen LogP contribution in [0.3, 0.4) is 0 Å². The minimum atomic E-state index is -0.0528. The van der Waals surface area contributed by atoms with Crippen molar-refractivity contribution in [1.29, 1.82) is 0 Å². The Bertz CT molecular complexity index is 620. The van der Waals surface area contributed by atoms with E-state index in [-0.39, 0.29) is 11.5 Å². The van der Waals surface area contributed by atoms with Crippen molar-refractivity contribution in [2.75, 3.05) is 0 Å². The van der Waals surface area contributed by atoms with Crippen LogP contribution in [0.1, 0.15) is 21.6 Å². The van der Waals surface area contributed by atoms with Gasteiger partial charge in [-0.15, -0.1) is 5.10 Å². The minimum absolute atomic E-state index is 0.0528. The smallest absolute Gasteiger partial charge is 0.196 e. The summed E-state index contributed by atoms with van der Waals surface area (Å²) in [6.07, 6.45) is 0. The maximum Gasteiger partial charge on any atom is 0.196 e. The first-order valence-corrected chi connectivity index (χ1v) is 4.89. The Kier molecular flexibility index (Phi) is 1.63. The predicted molar refractivity (Wildman–Crippen MR) is 57.3 cm³/mol. The molecular formula is C12H8N2O2. The molecule has 3 rings (SSSR count). The lowest BCUT2D eigenvalue weighted by Gasteiger charge is -1.98. The van der Waals surface area contributed by atoms with Crippen molar-refractivity contribution in [2.45, 2.75) is 6.92 Å². The average Bonchev–Trinajstić information content (AvgIpc) is 2.52. The highest BCUT2D eigenvalue weighted by Crippen LogP contribution is 2.36. The van der Waals surface area contributed by atoms with Crippen LogP contribution in [0.5, 0.6) is 5.75 Å². The zero-order chi connectivity index (χ0) is 11.3. The van der Waals surface area contributed by atoms with E-state index in [4.69, 9.17) is 0 Å². The first-order chi connectivity index (χ1) is 7.66. The number of nitrogens with zero attached hydrogens (tertiary/aromatic N) is 2. The Hall–Kier alpha value is -2.23. The minimum Gasteiger partial charge on any atom is -0.508 e. The molecule has 1 aliphatic carbocycles. The van der Waals surface area contributed by atoms with Gasteiger partial charge in [-0.05, 0) is 31.2 Å². The van der Waals surface area contributed by atoms with Crippen molar-refractivity contribution in [1.82, 2.24) is 10.2 Å². The summed E-state index contributed by atoms with van der Waals surface area (Å²) < 4.78 is 0. The third-order valence-electron chi connectivity index (χ3n) is 2.66. The number of carbonyl (C=O) groups is 1. The lowest BCUT2D eigenvalue weighted by Crippen LogP contribution is -1.97. The number of hydrogen-bond acceptors (Lipinski definition) is 4. The van der Waals surface area contributed by atoms with E-state index in [1.807, 2.05) is 0 Å². The number of phenolic OH excluding ortho intramolecular Hbond substituents is 1. The molecule has 1 aliphatic rings. The molecule has 1 N–H and O–H groups in total. The highest BCUT2D eigenvalue weighted by Gasteiger charge is 2.28. The first kappa shape index (κ1) is 9.03. The molecule has 0 unspecified atom stereocenters. The van der Waals surface area contributed by atoms with Gasteiger partial charge in [-0.1, -0.05) is 0 Å². The Morgan fingerprint density at radius 3 is 2.69 bits per heavy atom. The molecule has 2 aromatic rings. The fourth-order valence-electron chi connectivity index (χ4n) is 1.93. The molecule has 0 spiro atoms. The van der Waals surface area contributed by atoms with E-state index in [1.165, 1.54) is 6.07 Å². The molecule has 0 atom stereocenters. The maximum absolute atomic E-state index is 12.0. The number of fused-ring (bicyclic) bond motifs is 3. The highest BCUT2D eigenvalue weighted by molar-refractivity contribution is 6.21. The van der Waals surface area contributed by atoms with Crippen molar-refractivity contribution in [3.8, 4) is 17.0 Å². The van der Waals surface area contributed by atoms with Crippen LogP contribution in [0, 0.1) is 6.92 Å². The number of aromatic hydroxyl groups is 1. The first-order valence-electron chi connectivity index (χ1n) is 4.89. The molecule has 1 aromatic heterocycles. The van der Waals surface area contributed by atoms with E-state index in [2.05, 4.69) is 10.2 Å². The van der Waals surface area contributed by atoms with E-state index in [9.17, 15) is 9.90 Å². The van der Waals surface area contributed by atoms with Crippen LogP contribution in [0.2, 0.25) is 0 Å². The van der Waals surface area contributed by atoms with Gasteiger partial charge in [0.2, 0.25) is 0 Å². The maximum atomic E-state index is 12.0. The molecule has 0 saturated heterocycles. The summed E-state index contributed by atoms with van der Waals surface area (Å²) >= 11 is 0. The second-order valence-corrected chi connectivity index (χ2v) is 3.81. The molecule has 0 saturated carbocycles. The van der Waals surface area contributed by atoms with Crippen LogP contribution in [-0.2, 0) is 0 Å². The lowest BCUT2D eigenvalue weighted by atomic mass is 10.1. The number of ketones is 1. The van der Waals surface area contributed by atoms with Crippen molar-refractivity contribution in [2.24, 2.45) is 0 Å². The van der Waals surface area contributed by atoms with Crippen LogP contribution in [0.15, 0.2) is 24.3 Å². The molecule has 1 heterocycles. The SMILES string of the molecule is Cc1cc2c(nn1)-c1cc(O)ccc1C2=O. The second-order valence-electron chi connectivity index (χ2n) is 3.81. The van der Waals surface area contributed by atoms with E-state index in [0.29, 0.717) is 28.1 Å². The summed E-state index contributed by atoms with van der Waals surface area (Å²) in [5, 5.41) is 17.3. The van der Waals surface area contributed by atoms with Gasteiger partial charge < -0.3 is 5.11 Å². The zero-order valence-corrected chi connectivity index (χ0v) is 8.56. The van der Waals surface area contributed by atoms with Gasteiger partial charge in [-0.2, -0.15) is 5.10 Å². The van der Waals surface area contributed by atoms with Gasteiger partial charge in [0.05, 0.1) is 11.3 Å². The Labute approximate surface area is 91.6 Å². The number of phenols is 1.